The van der Waals surface area contributed by atoms with Crippen LogP contribution in [-0.4, -0.2) is 42.8 Å². The van der Waals surface area contributed by atoms with E-state index in [0.717, 1.165) is 12.1 Å². The summed E-state index contributed by atoms with van der Waals surface area (Å²) in [5.74, 6) is -1.69. The van der Waals surface area contributed by atoms with Gasteiger partial charge in [0.2, 0.25) is 0 Å². The van der Waals surface area contributed by atoms with Gasteiger partial charge in [0, 0.05) is 18.5 Å². The third-order valence-electron chi connectivity index (χ3n) is 3.21. The highest BCUT2D eigenvalue weighted by Gasteiger charge is 2.20. The Morgan fingerprint density at radius 2 is 2.04 bits per heavy atom. The predicted molar refractivity (Wildman–Crippen MR) is 84.0 cm³/mol. The zero-order valence-corrected chi connectivity index (χ0v) is 14.3. The van der Waals surface area contributed by atoms with Crippen LogP contribution in [0.5, 0.6) is 5.88 Å². The van der Waals surface area contributed by atoms with Crippen LogP contribution in [0, 0.1) is 18.6 Å². The lowest BCUT2D eigenvalue weighted by Crippen LogP contribution is -2.34. The van der Waals surface area contributed by atoms with E-state index >= 15 is 0 Å². The zero-order chi connectivity index (χ0) is 19.3. The minimum absolute atomic E-state index is 0.107. The maximum atomic E-state index is 13.6. The van der Waals surface area contributed by atoms with E-state index in [-0.39, 0.29) is 48.0 Å². The lowest BCUT2D eigenvalue weighted by atomic mass is 10.0. The number of nitrogens with zero attached hydrogens (tertiary/aromatic N) is 3. The molecule has 4 N–H and O–H groups in total. The molecule has 142 valence electrons. The molecule has 0 unspecified atom stereocenters. The smallest absolute Gasteiger partial charge is 0.285 e. The summed E-state index contributed by atoms with van der Waals surface area (Å²) in [5.41, 5.74) is -0.179. The Morgan fingerprint density at radius 3 is 2.62 bits per heavy atom. The molecule has 0 atom stereocenters. The van der Waals surface area contributed by atoms with Crippen molar-refractivity contribution in [3.8, 4) is 5.88 Å². The largest absolute Gasteiger partial charge is 0.472 e. The Morgan fingerprint density at radius 1 is 1.38 bits per heavy atom. The molecular formula is C13H15F2N5O5S. The number of ether oxygens (including phenoxy) is 1. The number of benzene rings is 1. The molecule has 2 rings (SSSR count). The van der Waals surface area contributed by atoms with Gasteiger partial charge in [0.05, 0.1) is 0 Å². The lowest BCUT2D eigenvalue weighted by molar-refractivity contribution is 0.258. The number of nitrogens with one attached hydrogen (secondary N) is 1. The number of aromatic nitrogens is 2. The van der Waals surface area contributed by atoms with E-state index in [1.54, 1.807) is 0 Å². The molecular weight excluding hydrogens is 376 g/mol. The number of halogens is 2. The summed E-state index contributed by atoms with van der Waals surface area (Å²) in [5, 5.41) is 24.0. The van der Waals surface area contributed by atoms with E-state index in [2.05, 4.69) is 20.1 Å². The predicted octanol–water partition coefficient (Wildman–Crippen LogP) is 0.249. The summed E-state index contributed by atoms with van der Waals surface area (Å²) in [4.78, 5) is 0. The first-order chi connectivity index (χ1) is 12.2. The van der Waals surface area contributed by atoms with Crippen LogP contribution >= 0.6 is 0 Å². The summed E-state index contributed by atoms with van der Waals surface area (Å²) in [7, 11) is -3.87. The molecule has 1 aromatic carbocycles. The van der Waals surface area contributed by atoms with Crippen LogP contribution in [-0.2, 0) is 16.6 Å². The number of rotatable bonds is 8. The minimum atomic E-state index is -3.87. The molecule has 0 radical (unpaired) electrons. The molecule has 0 saturated carbocycles. The molecule has 1 heterocycles. The highest BCUT2D eigenvalue weighted by molar-refractivity contribution is 7.87. The van der Waals surface area contributed by atoms with Crippen molar-refractivity contribution in [1.29, 1.82) is 0 Å². The van der Waals surface area contributed by atoms with Crippen molar-refractivity contribution in [2.45, 2.75) is 13.3 Å². The molecule has 2 aromatic rings. The number of nitrogens with two attached hydrogens (primary N) is 1. The van der Waals surface area contributed by atoms with Crippen LogP contribution in [0.1, 0.15) is 16.8 Å². The van der Waals surface area contributed by atoms with Crippen LogP contribution in [0.4, 0.5) is 8.78 Å². The van der Waals surface area contributed by atoms with Gasteiger partial charge in [-0.05, 0) is 34.9 Å². The Bertz CT molecular complexity index is 892. The molecule has 26 heavy (non-hydrogen) atoms. The first kappa shape index (κ1) is 19.7. The van der Waals surface area contributed by atoms with Gasteiger partial charge in [-0.1, -0.05) is 5.16 Å². The highest BCUT2D eigenvalue weighted by Crippen LogP contribution is 2.19. The molecule has 0 fully saturated rings. The van der Waals surface area contributed by atoms with Crippen molar-refractivity contribution >= 4 is 15.9 Å². The summed E-state index contributed by atoms with van der Waals surface area (Å²) >= 11 is 0. The van der Waals surface area contributed by atoms with Crippen LogP contribution in [0.3, 0.4) is 0 Å². The second-order valence-corrected chi connectivity index (χ2v) is 6.49. The topological polar surface area (TPSA) is 153 Å². The minimum Gasteiger partial charge on any atom is -0.472 e. The van der Waals surface area contributed by atoms with Crippen LogP contribution < -0.4 is 14.6 Å². The maximum absolute atomic E-state index is 13.6. The molecule has 0 spiro atoms. The van der Waals surface area contributed by atoms with Crippen molar-refractivity contribution in [2.75, 3.05) is 13.2 Å². The Hall–Kier alpha value is -2.64. The first-order valence-electron chi connectivity index (χ1n) is 7.10. The normalized spacial score (nSPS) is 12.4. The van der Waals surface area contributed by atoms with E-state index in [9.17, 15) is 22.4 Å². The van der Waals surface area contributed by atoms with E-state index in [1.165, 1.54) is 6.92 Å². The van der Waals surface area contributed by atoms with Gasteiger partial charge in [-0.25, -0.2) is 18.5 Å². The molecule has 0 amide bonds. The molecule has 0 aliphatic rings. The summed E-state index contributed by atoms with van der Waals surface area (Å²) in [6.45, 7) is 0.952. The third kappa shape index (κ3) is 5.18. The summed E-state index contributed by atoms with van der Waals surface area (Å²) in [6.07, 6.45) is -0.190. The Balaban J connectivity index is 2.11. The average Bonchev–Trinajstić information content (AvgIpc) is 3.01. The van der Waals surface area contributed by atoms with Gasteiger partial charge in [0.15, 0.2) is 5.69 Å². The van der Waals surface area contributed by atoms with Gasteiger partial charge in [0.1, 0.15) is 24.0 Å². The quantitative estimate of drug-likeness (QED) is 0.252. The second-order valence-electron chi connectivity index (χ2n) is 5.11. The van der Waals surface area contributed by atoms with E-state index < -0.39 is 21.8 Å². The molecule has 0 aliphatic carbocycles. The average molecular weight is 391 g/mol. The standard InChI is InChI=1S/C13H15F2N5O5S/c1-7-9(14)4-8(5-10(7)15)6-11(18-21)12-13(20-25-19-12)24-3-2-17-26(16,22)23/h4-5,17,21H,2-3,6H2,1H3,(H2,16,22,23)/b18-11+. The SMILES string of the molecule is Cc1c(F)cc(C/C(=N\O)c2nonc2OCCNS(N)(=O)=O)cc1F. The van der Waals surface area contributed by atoms with Gasteiger partial charge < -0.3 is 9.94 Å². The van der Waals surface area contributed by atoms with Gasteiger partial charge in [-0.3, -0.25) is 0 Å². The second kappa shape index (κ2) is 8.16. The number of hydrogen-bond acceptors (Lipinski definition) is 8. The Labute approximate surface area is 146 Å². The van der Waals surface area contributed by atoms with Crippen LogP contribution in [0.2, 0.25) is 0 Å². The van der Waals surface area contributed by atoms with Crippen molar-refractivity contribution in [3.05, 3.63) is 40.6 Å². The molecule has 1 aromatic heterocycles. The van der Waals surface area contributed by atoms with Gasteiger partial charge in [0.25, 0.3) is 16.1 Å². The zero-order valence-electron chi connectivity index (χ0n) is 13.4. The fourth-order valence-electron chi connectivity index (χ4n) is 1.94. The fourth-order valence-corrected chi connectivity index (χ4v) is 2.31. The molecule has 0 bridgehead atoms. The highest BCUT2D eigenvalue weighted by atomic mass is 32.2. The Kier molecular flexibility index (Phi) is 6.18. The number of hydrogen-bond donors (Lipinski definition) is 3. The molecule has 10 nitrogen and oxygen atoms in total. The summed E-state index contributed by atoms with van der Waals surface area (Å²) < 4.78 is 60.4. The van der Waals surface area contributed by atoms with Crippen LogP contribution in [0.15, 0.2) is 21.9 Å². The fraction of sp³-hybridized carbons (Fsp3) is 0.308. The molecule has 13 heteroatoms. The van der Waals surface area contributed by atoms with Gasteiger partial charge in [-0.2, -0.15) is 13.1 Å². The first-order valence-corrected chi connectivity index (χ1v) is 8.64. The maximum Gasteiger partial charge on any atom is 0.285 e. The number of oxime groups is 1. The lowest BCUT2D eigenvalue weighted by Gasteiger charge is -2.07. The molecule has 0 aliphatic heterocycles. The van der Waals surface area contributed by atoms with E-state index in [4.69, 9.17) is 9.88 Å². The summed E-state index contributed by atoms with van der Waals surface area (Å²) in [6, 6.07) is 2.18. The molecule has 0 saturated heterocycles. The van der Waals surface area contributed by atoms with Crippen molar-refractivity contribution in [3.63, 3.8) is 0 Å². The van der Waals surface area contributed by atoms with Crippen molar-refractivity contribution in [1.82, 2.24) is 15.0 Å². The van der Waals surface area contributed by atoms with E-state index in [1.807, 2.05) is 4.72 Å². The van der Waals surface area contributed by atoms with Crippen LogP contribution in [0.25, 0.3) is 0 Å². The van der Waals surface area contributed by atoms with E-state index in [0.29, 0.717) is 0 Å². The van der Waals surface area contributed by atoms with Gasteiger partial charge in [-0.15, -0.1) is 0 Å². The van der Waals surface area contributed by atoms with Gasteiger partial charge >= 0.3 is 0 Å². The van der Waals surface area contributed by atoms with Crippen molar-refractivity contribution in [2.24, 2.45) is 10.3 Å². The van der Waals surface area contributed by atoms with Crippen molar-refractivity contribution < 1.29 is 31.8 Å². The third-order valence-corrected chi connectivity index (χ3v) is 3.82. The monoisotopic (exact) mass is 391 g/mol.